The van der Waals surface area contributed by atoms with E-state index >= 15 is 0 Å². The number of nitroso groups, excluding NO2 is 1. The number of benzene rings is 1. The first-order valence-electron chi connectivity index (χ1n) is 5.12. The Bertz CT molecular complexity index is 502. The molecule has 0 N–H and O–H groups in total. The molecule has 0 fully saturated rings. The maximum Gasteiger partial charge on any atom is 0.245 e. The summed E-state index contributed by atoms with van der Waals surface area (Å²) in [6.45, 7) is 0.258. The van der Waals surface area contributed by atoms with Crippen molar-refractivity contribution < 1.29 is 8.42 Å². The maximum absolute atomic E-state index is 12.3. The molecule has 1 aromatic rings. The third-order valence-corrected chi connectivity index (χ3v) is 4.53. The van der Waals surface area contributed by atoms with Crippen LogP contribution in [0.15, 0.2) is 34.3 Å². The molecule has 0 aromatic heterocycles. The van der Waals surface area contributed by atoms with Gasteiger partial charge in [-0.25, -0.2) is 8.42 Å². The summed E-state index contributed by atoms with van der Waals surface area (Å²) in [6, 6.07) is 5.76. The van der Waals surface area contributed by atoms with Crippen molar-refractivity contribution in [3.63, 3.8) is 0 Å². The summed E-state index contributed by atoms with van der Waals surface area (Å²) in [5, 5.41) is 2.72. The van der Waals surface area contributed by atoms with Crippen LogP contribution >= 0.6 is 23.2 Å². The molecule has 0 heterocycles. The molecule has 1 aromatic carbocycles. The number of alkyl halides is 2. The van der Waals surface area contributed by atoms with E-state index < -0.39 is 10.0 Å². The van der Waals surface area contributed by atoms with Crippen LogP contribution in [0.4, 0.5) is 5.69 Å². The fourth-order valence-corrected chi connectivity index (χ4v) is 3.60. The van der Waals surface area contributed by atoms with Gasteiger partial charge in [-0.2, -0.15) is 4.31 Å². The number of hydrogen-bond donors (Lipinski definition) is 0. The lowest BCUT2D eigenvalue weighted by Crippen LogP contribution is -2.34. The molecule has 0 spiro atoms. The third-order valence-electron chi connectivity index (χ3n) is 2.25. The molecule has 100 valence electrons. The van der Waals surface area contributed by atoms with Crippen molar-refractivity contribution in [3.05, 3.63) is 29.2 Å². The van der Waals surface area contributed by atoms with Gasteiger partial charge in [-0.1, -0.05) is 12.1 Å². The standard InChI is InChI=1S/C10H12Cl2N2O3S/c11-5-7-14(8-6-12)18(16,17)10-4-2-1-3-9(10)13-15/h1-4H,5-8H2. The van der Waals surface area contributed by atoms with Gasteiger partial charge < -0.3 is 0 Å². The summed E-state index contributed by atoms with van der Waals surface area (Å²) < 4.78 is 25.7. The monoisotopic (exact) mass is 310 g/mol. The number of hydrogen-bond acceptors (Lipinski definition) is 4. The van der Waals surface area contributed by atoms with Crippen LogP contribution < -0.4 is 0 Å². The zero-order valence-electron chi connectivity index (χ0n) is 9.42. The van der Waals surface area contributed by atoms with Crippen LogP contribution in [0.3, 0.4) is 0 Å². The fraction of sp³-hybridized carbons (Fsp3) is 0.400. The highest BCUT2D eigenvalue weighted by molar-refractivity contribution is 7.89. The van der Waals surface area contributed by atoms with Crippen molar-refractivity contribution >= 4 is 38.9 Å². The lowest BCUT2D eigenvalue weighted by Gasteiger charge is -2.20. The average Bonchev–Trinajstić information content (AvgIpc) is 2.38. The first-order valence-corrected chi connectivity index (χ1v) is 7.63. The van der Waals surface area contributed by atoms with Gasteiger partial charge in [0.2, 0.25) is 10.0 Å². The summed E-state index contributed by atoms with van der Waals surface area (Å²) in [7, 11) is -3.80. The van der Waals surface area contributed by atoms with E-state index in [1.165, 1.54) is 18.2 Å². The van der Waals surface area contributed by atoms with E-state index in [4.69, 9.17) is 23.2 Å². The molecule has 0 aliphatic heterocycles. The molecule has 0 atom stereocenters. The van der Waals surface area contributed by atoms with Gasteiger partial charge in [0.15, 0.2) is 0 Å². The Labute approximate surface area is 116 Å². The molecule has 18 heavy (non-hydrogen) atoms. The molecule has 0 aliphatic carbocycles. The first-order chi connectivity index (χ1) is 8.57. The van der Waals surface area contributed by atoms with Crippen LogP contribution in [0, 0.1) is 4.91 Å². The van der Waals surface area contributed by atoms with Crippen LogP contribution in [0.5, 0.6) is 0 Å². The number of rotatable bonds is 7. The van der Waals surface area contributed by atoms with Crippen molar-refractivity contribution in [1.82, 2.24) is 4.31 Å². The van der Waals surface area contributed by atoms with E-state index in [2.05, 4.69) is 5.18 Å². The Hall–Kier alpha value is -0.690. The molecule has 0 saturated carbocycles. The second-order valence-electron chi connectivity index (χ2n) is 3.34. The molecular formula is C10H12Cl2N2O3S. The second kappa shape index (κ2) is 7.04. The quantitative estimate of drug-likeness (QED) is 0.574. The highest BCUT2D eigenvalue weighted by atomic mass is 35.5. The normalized spacial score (nSPS) is 11.7. The Morgan fingerprint density at radius 2 is 1.67 bits per heavy atom. The Morgan fingerprint density at radius 1 is 1.11 bits per heavy atom. The summed E-state index contributed by atoms with van der Waals surface area (Å²) in [5.74, 6) is 0.291. The molecule has 1 rings (SSSR count). The molecule has 0 unspecified atom stereocenters. The van der Waals surface area contributed by atoms with Crippen LogP contribution in [-0.2, 0) is 10.0 Å². The van der Waals surface area contributed by atoms with E-state index in [1.807, 2.05) is 0 Å². The minimum atomic E-state index is -3.80. The second-order valence-corrected chi connectivity index (χ2v) is 6.00. The van der Waals surface area contributed by atoms with Crippen LogP contribution in [-0.4, -0.2) is 37.6 Å². The smallest absolute Gasteiger partial charge is 0.207 e. The molecule has 0 radical (unpaired) electrons. The minimum absolute atomic E-state index is 0.119. The van der Waals surface area contributed by atoms with Crippen molar-refractivity contribution in [2.75, 3.05) is 24.8 Å². The van der Waals surface area contributed by atoms with Crippen molar-refractivity contribution in [2.45, 2.75) is 4.90 Å². The molecule has 0 amide bonds. The van der Waals surface area contributed by atoms with Gasteiger partial charge in [-0.15, -0.1) is 28.1 Å². The van der Waals surface area contributed by atoms with Crippen LogP contribution in [0.2, 0.25) is 0 Å². The van der Waals surface area contributed by atoms with Gasteiger partial charge in [0, 0.05) is 24.8 Å². The minimum Gasteiger partial charge on any atom is -0.207 e. The molecule has 0 aliphatic rings. The number of halogens is 2. The summed E-state index contributed by atoms with van der Waals surface area (Å²) in [5.41, 5.74) is -0.119. The van der Waals surface area contributed by atoms with Gasteiger partial charge in [0.25, 0.3) is 0 Å². The number of sulfonamides is 1. The zero-order valence-corrected chi connectivity index (χ0v) is 11.7. The van der Waals surface area contributed by atoms with Crippen molar-refractivity contribution in [3.8, 4) is 0 Å². The largest absolute Gasteiger partial charge is 0.245 e. The Kier molecular flexibility index (Phi) is 6.01. The van der Waals surface area contributed by atoms with E-state index in [0.717, 1.165) is 4.31 Å². The van der Waals surface area contributed by atoms with Crippen LogP contribution in [0.25, 0.3) is 0 Å². The van der Waals surface area contributed by atoms with Crippen molar-refractivity contribution in [1.29, 1.82) is 0 Å². The lowest BCUT2D eigenvalue weighted by molar-refractivity contribution is 0.448. The molecule has 0 saturated heterocycles. The predicted octanol–water partition coefficient (Wildman–Crippen LogP) is 2.55. The van der Waals surface area contributed by atoms with E-state index in [9.17, 15) is 13.3 Å². The van der Waals surface area contributed by atoms with Gasteiger partial charge in [-0.05, 0) is 17.3 Å². The van der Waals surface area contributed by atoms with E-state index in [1.54, 1.807) is 6.07 Å². The summed E-state index contributed by atoms with van der Waals surface area (Å²) >= 11 is 11.1. The third kappa shape index (κ3) is 3.41. The van der Waals surface area contributed by atoms with E-state index in [-0.39, 0.29) is 35.4 Å². The van der Waals surface area contributed by atoms with Gasteiger partial charge in [0.1, 0.15) is 10.6 Å². The molecule has 5 nitrogen and oxygen atoms in total. The van der Waals surface area contributed by atoms with Gasteiger partial charge in [-0.3, -0.25) is 0 Å². The topological polar surface area (TPSA) is 66.8 Å². The highest BCUT2D eigenvalue weighted by Gasteiger charge is 2.26. The molecule has 8 heteroatoms. The van der Waals surface area contributed by atoms with E-state index in [0.29, 0.717) is 0 Å². The molecular weight excluding hydrogens is 299 g/mol. The Morgan fingerprint density at radius 3 is 2.17 bits per heavy atom. The Balaban J connectivity index is 3.21. The van der Waals surface area contributed by atoms with Gasteiger partial charge >= 0.3 is 0 Å². The van der Waals surface area contributed by atoms with Crippen LogP contribution in [0.1, 0.15) is 0 Å². The summed E-state index contributed by atoms with van der Waals surface area (Å²) in [6.07, 6.45) is 0. The summed E-state index contributed by atoms with van der Waals surface area (Å²) in [4.78, 5) is 10.5. The maximum atomic E-state index is 12.3. The molecule has 0 bridgehead atoms. The average molecular weight is 311 g/mol. The predicted molar refractivity (Wildman–Crippen MR) is 72.1 cm³/mol. The van der Waals surface area contributed by atoms with Crippen molar-refractivity contribution in [2.24, 2.45) is 5.18 Å². The number of nitrogens with zero attached hydrogens (tertiary/aromatic N) is 2. The lowest BCUT2D eigenvalue weighted by atomic mass is 10.3. The zero-order chi connectivity index (χ0) is 13.6. The highest BCUT2D eigenvalue weighted by Crippen LogP contribution is 2.26. The fourth-order valence-electron chi connectivity index (χ4n) is 1.43. The SMILES string of the molecule is O=Nc1ccccc1S(=O)(=O)N(CCCl)CCCl. The first kappa shape index (κ1) is 15.4. The van der Waals surface area contributed by atoms with Gasteiger partial charge in [0.05, 0.1) is 0 Å².